The van der Waals surface area contributed by atoms with E-state index in [1.54, 1.807) is 26.0 Å². The molecule has 4 N–H and O–H groups in total. The fraction of sp³-hybridized carbons (Fsp3) is 0.188. The Balaban J connectivity index is 2.30. The predicted octanol–water partition coefficient (Wildman–Crippen LogP) is 2.92. The zero-order chi connectivity index (χ0) is 17.1. The van der Waals surface area contributed by atoms with Gasteiger partial charge in [0.25, 0.3) is 5.91 Å². The molecule has 0 bridgehead atoms. The van der Waals surface area contributed by atoms with Gasteiger partial charge in [0.15, 0.2) is 0 Å². The molecule has 0 saturated heterocycles. The van der Waals surface area contributed by atoms with Crippen LogP contribution < -0.4 is 11.1 Å². The number of hydrogen-bond acceptors (Lipinski definition) is 4. The van der Waals surface area contributed by atoms with Gasteiger partial charge in [-0.15, -0.1) is 0 Å². The van der Waals surface area contributed by atoms with Crippen LogP contribution in [0.25, 0.3) is 0 Å². The number of carbonyl (C=O) groups is 2. The molecule has 1 heterocycles. The number of benzene rings is 1. The summed E-state index contributed by atoms with van der Waals surface area (Å²) in [6.07, 6.45) is 1.37. The molecule has 7 heteroatoms. The summed E-state index contributed by atoms with van der Waals surface area (Å²) >= 11 is 3.18. The predicted molar refractivity (Wildman–Crippen MR) is 90.4 cm³/mol. The molecule has 1 unspecified atom stereocenters. The quantitative estimate of drug-likeness (QED) is 0.710. The van der Waals surface area contributed by atoms with Gasteiger partial charge in [0.2, 0.25) is 0 Å². The van der Waals surface area contributed by atoms with Crippen LogP contribution in [0, 0.1) is 6.92 Å². The van der Waals surface area contributed by atoms with E-state index in [1.807, 2.05) is 0 Å². The molecule has 2 aromatic rings. The van der Waals surface area contributed by atoms with E-state index < -0.39 is 17.9 Å². The lowest BCUT2D eigenvalue weighted by Gasteiger charge is -2.19. The van der Waals surface area contributed by atoms with E-state index in [0.717, 1.165) is 5.56 Å². The Morgan fingerprint density at radius 2 is 2.04 bits per heavy atom. The van der Waals surface area contributed by atoms with E-state index in [-0.39, 0.29) is 11.1 Å². The largest absolute Gasteiger partial charge is 0.478 e. The number of nitrogens with one attached hydrogen (secondary N) is 1. The lowest BCUT2D eigenvalue weighted by atomic mass is 9.96. The first-order valence-electron chi connectivity index (χ1n) is 6.86. The first kappa shape index (κ1) is 17.0. The average molecular weight is 378 g/mol. The number of nitrogen functional groups attached to an aromatic ring is 1. The summed E-state index contributed by atoms with van der Waals surface area (Å²) in [5.41, 5.74) is 7.88. The van der Waals surface area contributed by atoms with Crippen molar-refractivity contribution in [3.05, 3.63) is 57.3 Å². The Kier molecular flexibility index (Phi) is 5.00. The van der Waals surface area contributed by atoms with E-state index >= 15 is 0 Å². The van der Waals surface area contributed by atoms with Crippen LogP contribution in [0.1, 0.15) is 44.8 Å². The van der Waals surface area contributed by atoms with Crippen LogP contribution in [0.3, 0.4) is 0 Å². The first-order valence-corrected chi connectivity index (χ1v) is 7.65. The summed E-state index contributed by atoms with van der Waals surface area (Å²) in [5, 5.41) is 12.1. The highest BCUT2D eigenvalue weighted by atomic mass is 79.9. The van der Waals surface area contributed by atoms with Crippen LogP contribution in [0.15, 0.2) is 35.1 Å². The molecule has 120 valence electrons. The fourth-order valence-electron chi connectivity index (χ4n) is 2.42. The number of aromatic nitrogens is 1. The van der Waals surface area contributed by atoms with Gasteiger partial charge in [0, 0.05) is 11.9 Å². The standard InChI is InChI=1S/C16H16BrN3O3/c1-8-4-3-5-10(16(22)23)14(8)9(2)20-15(21)11-7-19-13(17)6-12(11)18/h3-7,9H,1-2H3,(H2,18,19)(H,20,21)(H,22,23). The van der Waals surface area contributed by atoms with Crippen molar-refractivity contribution < 1.29 is 14.7 Å². The number of pyridine rings is 1. The zero-order valence-corrected chi connectivity index (χ0v) is 14.2. The van der Waals surface area contributed by atoms with E-state index in [1.165, 1.54) is 18.3 Å². The Morgan fingerprint density at radius 3 is 2.65 bits per heavy atom. The lowest BCUT2D eigenvalue weighted by Crippen LogP contribution is -2.29. The Hall–Kier alpha value is -2.41. The monoisotopic (exact) mass is 377 g/mol. The third-order valence-corrected chi connectivity index (χ3v) is 3.92. The highest BCUT2D eigenvalue weighted by Crippen LogP contribution is 2.23. The third-order valence-electron chi connectivity index (χ3n) is 3.48. The zero-order valence-electron chi connectivity index (χ0n) is 12.6. The molecular weight excluding hydrogens is 362 g/mol. The van der Waals surface area contributed by atoms with Gasteiger partial charge >= 0.3 is 5.97 Å². The van der Waals surface area contributed by atoms with Crippen LogP contribution >= 0.6 is 15.9 Å². The number of carboxylic acid groups (broad SMARTS) is 1. The summed E-state index contributed by atoms with van der Waals surface area (Å²) in [6.45, 7) is 3.54. The molecule has 0 spiro atoms. The number of carbonyl (C=O) groups excluding carboxylic acids is 1. The number of carboxylic acids is 1. The van der Waals surface area contributed by atoms with E-state index in [0.29, 0.717) is 15.9 Å². The molecule has 1 atom stereocenters. The second-order valence-electron chi connectivity index (χ2n) is 5.13. The van der Waals surface area contributed by atoms with Crippen LogP contribution in [0.2, 0.25) is 0 Å². The SMILES string of the molecule is Cc1cccc(C(=O)O)c1C(C)NC(=O)c1cnc(Br)cc1N. The Bertz CT molecular complexity index is 777. The summed E-state index contributed by atoms with van der Waals surface area (Å²) < 4.78 is 0.534. The maximum Gasteiger partial charge on any atom is 0.336 e. The van der Waals surface area contributed by atoms with Gasteiger partial charge in [-0.2, -0.15) is 0 Å². The summed E-state index contributed by atoms with van der Waals surface area (Å²) in [4.78, 5) is 27.7. The van der Waals surface area contributed by atoms with Crippen molar-refractivity contribution in [3.63, 3.8) is 0 Å². The van der Waals surface area contributed by atoms with E-state index in [9.17, 15) is 14.7 Å². The molecule has 2 rings (SSSR count). The molecular formula is C16H16BrN3O3. The number of halogens is 1. The summed E-state index contributed by atoms with van der Waals surface area (Å²) in [6, 6.07) is 6.05. The number of nitrogens with two attached hydrogens (primary N) is 1. The number of hydrogen-bond donors (Lipinski definition) is 3. The first-order chi connectivity index (χ1) is 10.8. The maximum absolute atomic E-state index is 12.4. The minimum atomic E-state index is -1.03. The topological polar surface area (TPSA) is 105 Å². The van der Waals surface area contributed by atoms with Gasteiger partial charge in [-0.05, 0) is 53.0 Å². The van der Waals surface area contributed by atoms with Crippen molar-refractivity contribution in [1.29, 1.82) is 0 Å². The molecule has 1 aromatic heterocycles. The smallest absolute Gasteiger partial charge is 0.336 e. The molecule has 0 aliphatic carbocycles. The minimum Gasteiger partial charge on any atom is -0.478 e. The second kappa shape index (κ2) is 6.78. The van der Waals surface area contributed by atoms with Gasteiger partial charge in [-0.3, -0.25) is 4.79 Å². The Labute approximate surface area is 141 Å². The van der Waals surface area contributed by atoms with Gasteiger partial charge in [0.1, 0.15) is 4.60 Å². The number of aryl methyl sites for hydroxylation is 1. The molecule has 0 fully saturated rings. The number of amides is 1. The highest BCUT2D eigenvalue weighted by molar-refractivity contribution is 9.10. The lowest BCUT2D eigenvalue weighted by molar-refractivity contribution is 0.0693. The van der Waals surface area contributed by atoms with Crippen LogP contribution in [-0.2, 0) is 0 Å². The fourth-order valence-corrected chi connectivity index (χ4v) is 2.77. The number of anilines is 1. The average Bonchev–Trinajstić information content (AvgIpc) is 2.46. The number of nitrogens with zero attached hydrogens (tertiary/aromatic N) is 1. The van der Waals surface area contributed by atoms with E-state index in [4.69, 9.17) is 5.73 Å². The van der Waals surface area contributed by atoms with E-state index in [2.05, 4.69) is 26.2 Å². The third kappa shape index (κ3) is 3.68. The van der Waals surface area contributed by atoms with Crippen molar-refractivity contribution in [1.82, 2.24) is 10.3 Å². The number of aromatic carboxylic acids is 1. The van der Waals surface area contributed by atoms with Gasteiger partial charge in [0.05, 0.1) is 17.2 Å². The van der Waals surface area contributed by atoms with Crippen molar-refractivity contribution in [2.45, 2.75) is 19.9 Å². The molecule has 0 saturated carbocycles. The normalized spacial score (nSPS) is 11.8. The second-order valence-corrected chi connectivity index (χ2v) is 5.94. The van der Waals surface area contributed by atoms with Crippen molar-refractivity contribution in [3.8, 4) is 0 Å². The van der Waals surface area contributed by atoms with Crippen molar-refractivity contribution in [2.75, 3.05) is 5.73 Å². The minimum absolute atomic E-state index is 0.166. The maximum atomic E-state index is 12.4. The Morgan fingerprint density at radius 1 is 1.35 bits per heavy atom. The molecule has 0 aliphatic heterocycles. The van der Waals surface area contributed by atoms with Gasteiger partial charge < -0.3 is 16.2 Å². The van der Waals surface area contributed by atoms with Crippen molar-refractivity contribution in [2.24, 2.45) is 0 Å². The van der Waals surface area contributed by atoms with Gasteiger partial charge in [-0.1, -0.05) is 12.1 Å². The van der Waals surface area contributed by atoms with Crippen LogP contribution in [0.5, 0.6) is 0 Å². The molecule has 1 aromatic carbocycles. The van der Waals surface area contributed by atoms with Crippen molar-refractivity contribution >= 4 is 33.5 Å². The molecule has 0 radical (unpaired) electrons. The summed E-state index contributed by atoms with van der Waals surface area (Å²) in [7, 11) is 0. The molecule has 6 nitrogen and oxygen atoms in total. The number of rotatable bonds is 4. The van der Waals surface area contributed by atoms with Crippen LogP contribution in [-0.4, -0.2) is 22.0 Å². The molecule has 0 aliphatic rings. The highest BCUT2D eigenvalue weighted by Gasteiger charge is 2.20. The van der Waals surface area contributed by atoms with Crippen LogP contribution in [0.4, 0.5) is 5.69 Å². The molecule has 23 heavy (non-hydrogen) atoms. The van der Waals surface area contributed by atoms with Gasteiger partial charge in [-0.25, -0.2) is 9.78 Å². The summed E-state index contributed by atoms with van der Waals surface area (Å²) in [5.74, 6) is -1.44. The molecule has 1 amide bonds.